The highest BCUT2D eigenvalue weighted by atomic mass is 16.4. The summed E-state index contributed by atoms with van der Waals surface area (Å²) in [5.41, 5.74) is 1.79. The highest BCUT2D eigenvalue weighted by Gasteiger charge is 2.31. The van der Waals surface area contributed by atoms with Crippen LogP contribution in [0.2, 0.25) is 0 Å². The average molecular weight is 235 g/mol. The summed E-state index contributed by atoms with van der Waals surface area (Å²) >= 11 is 0. The van der Waals surface area contributed by atoms with Gasteiger partial charge in [0.2, 0.25) is 0 Å². The minimum atomic E-state index is -0.770. The number of aliphatic carboxylic acids is 1. The molecule has 0 saturated heterocycles. The number of carboxylic acids is 1. The maximum atomic E-state index is 11.0. The summed E-state index contributed by atoms with van der Waals surface area (Å²) in [4.78, 5) is 11.0. The molecule has 0 aliphatic rings. The van der Waals surface area contributed by atoms with Gasteiger partial charge < -0.3 is 10.4 Å². The largest absolute Gasteiger partial charge is 0.481 e. The second-order valence-corrected chi connectivity index (χ2v) is 4.40. The molecule has 3 nitrogen and oxygen atoms in total. The van der Waals surface area contributed by atoms with Crippen LogP contribution in [0, 0.1) is 6.92 Å². The molecule has 0 amide bonds. The highest BCUT2D eigenvalue weighted by molar-refractivity contribution is 5.69. The van der Waals surface area contributed by atoms with E-state index in [-0.39, 0.29) is 6.42 Å². The van der Waals surface area contributed by atoms with Crippen LogP contribution in [0.1, 0.15) is 37.8 Å². The quantitative estimate of drug-likeness (QED) is 0.797. The molecule has 17 heavy (non-hydrogen) atoms. The van der Waals surface area contributed by atoms with E-state index in [1.807, 2.05) is 45.0 Å². The monoisotopic (exact) mass is 235 g/mol. The molecule has 0 aliphatic heterocycles. The Morgan fingerprint density at radius 2 is 1.88 bits per heavy atom. The summed E-state index contributed by atoms with van der Waals surface area (Å²) in [7, 11) is 0. The molecule has 1 atom stereocenters. The lowest BCUT2D eigenvalue weighted by molar-refractivity contribution is -0.139. The Balaban J connectivity index is 3.10. The standard InChI is InChI=1S/C14H21NO2/c1-4-14(15-5-2,10-13(16)17)12-8-6-11(3)7-9-12/h6-9,15H,4-5,10H2,1-3H3,(H,16,17). The molecule has 0 radical (unpaired) electrons. The third kappa shape index (κ3) is 3.30. The first kappa shape index (κ1) is 13.7. The summed E-state index contributed by atoms with van der Waals surface area (Å²) in [6.45, 7) is 6.81. The van der Waals surface area contributed by atoms with Crippen molar-refractivity contribution >= 4 is 5.97 Å². The molecule has 0 aromatic heterocycles. The lowest BCUT2D eigenvalue weighted by Gasteiger charge is -2.33. The normalized spacial score (nSPS) is 14.3. The summed E-state index contributed by atoms with van der Waals surface area (Å²) in [5.74, 6) is -0.770. The van der Waals surface area contributed by atoms with Gasteiger partial charge in [0.25, 0.3) is 0 Å². The summed E-state index contributed by atoms with van der Waals surface area (Å²) < 4.78 is 0. The fourth-order valence-electron chi connectivity index (χ4n) is 2.19. The van der Waals surface area contributed by atoms with E-state index in [9.17, 15) is 4.79 Å². The second-order valence-electron chi connectivity index (χ2n) is 4.40. The zero-order chi connectivity index (χ0) is 12.9. The molecule has 0 saturated carbocycles. The summed E-state index contributed by atoms with van der Waals surface area (Å²) in [5, 5.41) is 12.4. The van der Waals surface area contributed by atoms with Crippen LogP contribution in [-0.4, -0.2) is 17.6 Å². The minimum Gasteiger partial charge on any atom is -0.481 e. The van der Waals surface area contributed by atoms with Crippen LogP contribution < -0.4 is 5.32 Å². The summed E-state index contributed by atoms with van der Waals surface area (Å²) in [6.07, 6.45) is 0.872. The molecular weight excluding hydrogens is 214 g/mol. The number of aryl methyl sites for hydroxylation is 1. The zero-order valence-corrected chi connectivity index (χ0v) is 10.8. The van der Waals surface area contributed by atoms with Gasteiger partial charge in [-0.1, -0.05) is 43.7 Å². The Labute approximate surface area is 103 Å². The van der Waals surface area contributed by atoms with Gasteiger partial charge in [-0.25, -0.2) is 0 Å². The van der Waals surface area contributed by atoms with E-state index in [1.165, 1.54) is 5.56 Å². The van der Waals surface area contributed by atoms with E-state index in [0.717, 1.165) is 18.5 Å². The van der Waals surface area contributed by atoms with Crippen LogP contribution in [0.15, 0.2) is 24.3 Å². The van der Waals surface area contributed by atoms with Gasteiger partial charge in [-0.05, 0) is 25.5 Å². The Bertz CT molecular complexity index is 372. The number of carboxylic acid groups (broad SMARTS) is 1. The number of carbonyl (C=O) groups is 1. The molecule has 3 heteroatoms. The van der Waals surface area contributed by atoms with Gasteiger partial charge in [0.05, 0.1) is 12.0 Å². The highest BCUT2D eigenvalue weighted by Crippen LogP contribution is 2.29. The van der Waals surface area contributed by atoms with Gasteiger partial charge in [0, 0.05) is 0 Å². The van der Waals surface area contributed by atoms with E-state index >= 15 is 0 Å². The Hall–Kier alpha value is -1.35. The van der Waals surface area contributed by atoms with Crippen LogP contribution >= 0.6 is 0 Å². The van der Waals surface area contributed by atoms with Gasteiger partial charge in [-0.3, -0.25) is 4.79 Å². The van der Waals surface area contributed by atoms with E-state index < -0.39 is 11.5 Å². The zero-order valence-electron chi connectivity index (χ0n) is 10.8. The third-order valence-corrected chi connectivity index (χ3v) is 3.18. The maximum absolute atomic E-state index is 11.0. The minimum absolute atomic E-state index is 0.112. The van der Waals surface area contributed by atoms with Crippen molar-refractivity contribution in [3.8, 4) is 0 Å². The van der Waals surface area contributed by atoms with Crippen LogP contribution in [0.25, 0.3) is 0 Å². The molecule has 0 fully saturated rings. The average Bonchev–Trinajstić information content (AvgIpc) is 2.28. The van der Waals surface area contributed by atoms with Crippen LogP contribution in [-0.2, 0) is 10.3 Å². The van der Waals surface area contributed by atoms with Crippen molar-refractivity contribution in [3.05, 3.63) is 35.4 Å². The van der Waals surface area contributed by atoms with E-state index in [1.54, 1.807) is 0 Å². The Kier molecular flexibility index (Phi) is 4.70. The number of benzene rings is 1. The smallest absolute Gasteiger partial charge is 0.305 e. The predicted molar refractivity (Wildman–Crippen MR) is 69.1 cm³/mol. The molecule has 1 aromatic rings. The maximum Gasteiger partial charge on any atom is 0.305 e. The molecule has 1 unspecified atom stereocenters. The number of hydrogen-bond donors (Lipinski definition) is 2. The lowest BCUT2D eigenvalue weighted by Crippen LogP contribution is -2.43. The third-order valence-electron chi connectivity index (χ3n) is 3.18. The first-order chi connectivity index (χ1) is 8.04. The first-order valence-corrected chi connectivity index (χ1v) is 6.08. The molecule has 1 aromatic carbocycles. The lowest BCUT2D eigenvalue weighted by atomic mass is 9.83. The molecular formula is C14H21NO2. The van der Waals surface area contributed by atoms with Gasteiger partial charge in [0.1, 0.15) is 0 Å². The van der Waals surface area contributed by atoms with Crippen molar-refractivity contribution in [1.82, 2.24) is 5.32 Å². The first-order valence-electron chi connectivity index (χ1n) is 6.08. The molecule has 0 spiro atoms. The molecule has 1 rings (SSSR count). The molecule has 0 bridgehead atoms. The van der Waals surface area contributed by atoms with E-state index in [4.69, 9.17) is 5.11 Å². The Morgan fingerprint density at radius 3 is 2.29 bits per heavy atom. The predicted octanol–water partition coefficient (Wildman–Crippen LogP) is 2.68. The molecule has 94 valence electrons. The van der Waals surface area contributed by atoms with Crippen LogP contribution in [0.5, 0.6) is 0 Å². The van der Waals surface area contributed by atoms with Gasteiger partial charge in [-0.15, -0.1) is 0 Å². The number of hydrogen-bond acceptors (Lipinski definition) is 2. The number of rotatable bonds is 6. The van der Waals surface area contributed by atoms with E-state index in [2.05, 4.69) is 5.32 Å². The fraction of sp³-hybridized carbons (Fsp3) is 0.500. The molecule has 0 aliphatic carbocycles. The Morgan fingerprint density at radius 1 is 1.29 bits per heavy atom. The summed E-state index contributed by atoms with van der Waals surface area (Å²) in [6, 6.07) is 8.09. The van der Waals surface area contributed by atoms with Gasteiger partial charge in [0.15, 0.2) is 0 Å². The topological polar surface area (TPSA) is 49.3 Å². The van der Waals surface area contributed by atoms with Crippen molar-refractivity contribution in [3.63, 3.8) is 0 Å². The molecule has 0 heterocycles. The van der Waals surface area contributed by atoms with Crippen molar-refractivity contribution in [1.29, 1.82) is 0 Å². The second kappa shape index (κ2) is 5.82. The van der Waals surface area contributed by atoms with Crippen molar-refractivity contribution in [2.75, 3.05) is 6.54 Å². The van der Waals surface area contributed by atoms with Crippen LogP contribution in [0.3, 0.4) is 0 Å². The van der Waals surface area contributed by atoms with Gasteiger partial charge in [-0.2, -0.15) is 0 Å². The SMILES string of the molecule is CCNC(CC)(CC(=O)O)c1ccc(C)cc1. The number of nitrogens with one attached hydrogen (secondary N) is 1. The van der Waals surface area contributed by atoms with Gasteiger partial charge >= 0.3 is 5.97 Å². The fourth-order valence-corrected chi connectivity index (χ4v) is 2.19. The van der Waals surface area contributed by atoms with Crippen molar-refractivity contribution in [2.45, 2.75) is 39.2 Å². The van der Waals surface area contributed by atoms with E-state index in [0.29, 0.717) is 0 Å². The van der Waals surface area contributed by atoms with Crippen LogP contribution in [0.4, 0.5) is 0 Å². The van der Waals surface area contributed by atoms with Crippen molar-refractivity contribution < 1.29 is 9.90 Å². The van der Waals surface area contributed by atoms with Crippen molar-refractivity contribution in [2.24, 2.45) is 0 Å². The molecule has 2 N–H and O–H groups in total.